The summed E-state index contributed by atoms with van der Waals surface area (Å²) >= 11 is 0. The highest BCUT2D eigenvalue weighted by atomic mass is 16.5. The van der Waals surface area contributed by atoms with E-state index in [1.165, 1.54) is 0 Å². The maximum Gasteiger partial charge on any atom is 0.229 e. The van der Waals surface area contributed by atoms with Crippen LogP contribution in [0.3, 0.4) is 0 Å². The van der Waals surface area contributed by atoms with E-state index in [9.17, 15) is 4.79 Å². The Hall–Kier alpha value is -2.89. The van der Waals surface area contributed by atoms with Gasteiger partial charge in [0.1, 0.15) is 0 Å². The number of fused-ring (bicyclic) bond motifs is 1. The number of nitrogens with zero attached hydrogens (tertiary/aromatic N) is 3. The summed E-state index contributed by atoms with van der Waals surface area (Å²) in [4.78, 5) is 20.5. The van der Waals surface area contributed by atoms with Crippen LogP contribution in [0, 0.1) is 0 Å². The van der Waals surface area contributed by atoms with Crippen LogP contribution in [0.1, 0.15) is 18.5 Å². The van der Waals surface area contributed by atoms with Gasteiger partial charge in [-0.1, -0.05) is 0 Å². The third kappa shape index (κ3) is 1.99. The molecule has 0 saturated heterocycles. The van der Waals surface area contributed by atoms with Crippen molar-refractivity contribution in [3.63, 3.8) is 0 Å². The molecule has 3 aromatic rings. The minimum atomic E-state index is -0.573. The molecular weight excluding hydrogens is 304 g/mol. The van der Waals surface area contributed by atoms with Gasteiger partial charge in [-0.15, -0.1) is 0 Å². The summed E-state index contributed by atoms with van der Waals surface area (Å²) in [6, 6.07) is 7.89. The Kier molecular flexibility index (Phi) is 3.09. The number of nitrogens with two attached hydrogens (primary N) is 1. The fourth-order valence-corrected chi connectivity index (χ4v) is 3.26. The fraction of sp³-hybridized carbons (Fsp3) is 0.278. The number of amides is 1. The monoisotopic (exact) mass is 322 g/mol. The topological polar surface area (TPSA) is 83.0 Å². The normalized spacial score (nSPS) is 15.4. The van der Waals surface area contributed by atoms with Crippen molar-refractivity contribution in [1.82, 2.24) is 14.5 Å². The van der Waals surface area contributed by atoms with E-state index in [1.54, 1.807) is 19.5 Å². The van der Waals surface area contributed by atoms with E-state index in [0.717, 1.165) is 40.7 Å². The Morgan fingerprint density at radius 2 is 2.12 bits per heavy atom. The van der Waals surface area contributed by atoms with E-state index in [4.69, 9.17) is 10.5 Å². The van der Waals surface area contributed by atoms with Crippen molar-refractivity contribution in [2.24, 2.45) is 12.8 Å². The summed E-state index contributed by atoms with van der Waals surface area (Å²) in [6.07, 6.45) is 5.06. The third-order valence-electron chi connectivity index (χ3n) is 4.88. The molecule has 6 nitrogen and oxygen atoms in total. The van der Waals surface area contributed by atoms with Gasteiger partial charge in [-0.25, -0.2) is 4.98 Å². The van der Waals surface area contributed by atoms with Crippen LogP contribution in [-0.4, -0.2) is 27.6 Å². The summed E-state index contributed by atoms with van der Waals surface area (Å²) < 4.78 is 7.42. The van der Waals surface area contributed by atoms with Gasteiger partial charge in [0.05, 0.1) is 41.2 Å². The number of ether oxygens (including phenoxy) is 1. The lowest BCUT2D eigenvalue weighted by Crippen LogP contribution is -2.29. The van der Waals surface area contributed by atoms with Gasteiger partial charge in [0, 0.05) is 18.6 Å². The van der Waals surface area contributed by atoms with E-state index in [1.807, 2.05) is 25.2 Å². The zero-order chi connectivity index (χ0) is 16.9. The van der Waals surface area contributed by atoms with E-state index in [-0.39, 0.29) is 5.91 Å². The van der Waals surface area contributed by atoms with Gasteiger partial charge in [-0.3, -0.25) is 9.78 Å². The Morgan fingerprint density at radius 1 is 1.33 bits per heavy atom. The minimum absolute atomic E-state index is 0.292. The SMILES string of the molecule is COc1ncccc1-c1cc2cc(C3(C(N)=O)CC3)ncc2n1C. The molecule has 1 aliphatic rings. The second kappa shape index (κ2) is 5.06. The Balaban J connectivity index is 1.88. The molecule has 0 unspecified atom stereocenters. The van der Waals surface area contributed by atoms with Crippen LogP contribution in [0.15, 0.2) is 36.7 Å². The standard InChI is InChI=1S/C18H18N4O2/c1-22-13(12-4-3-7-20-16(12)24-2)8-11-9-15(21-10-14(11)22)18(5-6-18)17(19)23/h3-4,7-10H,5-6H2,1-2H3,(H2,19,23). The third-order valence-corrected chi connectivity index (χ3v) is 4.88. The summed E-state index contributed by atoms with van der Waals surface area (Å²) in [5.74, 6) is 0.284. The number of methoxy groups -OCH3 is 1. The lowest BCUT2D eigenvalue weighted by Gasteiger charge is -2.10. The van der Waals surface area contributed by atoms with Crippen LogP contribution < -0.4 is 10.5 Å². The van der Waals surface area contributed by atoms with E-state index >= 15 is 0 Å². The fourth-order valence-electron chi connectivity index (χ4n) is 3.26. The van der Waals surface area contributed by atoms with E-state index in [0.29, 0.717) is 5.88 Å². The number of pyridine rings is 2. The molecule has 3 aromatic heterocycles. The highest BCUT2D eigenvalue weighted by molar-refractivity contribution is 5.92. The number of primary amides is 1. The first kappa shape index (κ1) is 14.7. The van der Waals surface area contributed by atoms with Gasteiger partial charge in [0.2, 0.25) is 11.8 Å². The minimum Gasteiger partial charge on any atom is -0.481 e. The molecular formula is C18H18N4O2. The predicted molar refractivity (Wildman–Crippen MR) is 90.6 cm³/mol. The molecule has 0 aromatic carbocycles. The van der Waals surface area contributed by atoms with Crippen LogP contribution in [-0.2, 0) is 17.3 Å². The van der Waals surface area contributed by atoms with Crippen molar-refractivity contribution >= 4 is 16.8 Å². The molecule has 2 N–H and O–H groups in total. The first-order valence-corrected chi connectivity index (χ1v) is 7.82. The van der Waals surface area contributed by atoms with Gasteiger partial charge in [-0.2, -0.15) is 0 Å². The van der Waals surface area contributed by atoms with Crippen LogP contribution in [0.2, 0.25) is 0 Å². The van der Waals surface area contributed by atoms with E-state index < -0.39 is 5.41 Å². The van der Waals surface area contributed by atoms with Gasteiger partial charge < -0.3 is 15.0 Å². The van der Waals surface area contributed by atoms with Crippen molar-refractivity contribution < 1.29 is 9.53 Å². The van der Waals surface area contributed by atoms with Crippen molar-refractivity contribution in [1.29, 1.82) is 0 Å². The molecule has 1 amide bonds. The molecule has 122 valence electrons. The molecule has 0 radical (unpaired) electrons. The zero-order valence-corrected chi connectivity index (χ0v) is 13.6. The zero-order valence-electron chi connectivity index (χ0n) is 13.6. The average Bonchev–Trinajstić information content (AvgIpc) is 3.35. The Labute approximate surface area is 139 Å². The highest BCUT2D eigenvalue weighted by Gasteiger charge is 2.51. The van der Waals surface area contributed by atoms with Crippen molar-refractivity contribution in [3.05, 3.63) is 42.4 Å². The summed E-state index contributed by atoms with van der Waals surface area (Å²) in [5.41, 5.74) is 8.64. The molecule has 4 rings (SSSR count). The molecule has 0 bridgehead atoms. The number of carbonyl (C=O) groups is 1. The first-order chi connectivity index (χ1) is 11.6. The van der Waals surface area contributed by atoms with Gasteiger partial charge >= 0.3 is 0 Å². The summed E-state index contributed by atoms with van der Waals surface area (Å²) in [6.45, 7) is 0. The first-order valence-electron chi connectivity index (χ1n) is 7.82. The Morgan fingerprint density at radius 3 is 2.79 bits per heavy atom. The van der Waals surface area contributed by atoms with Crippen molar-refractivity contribution in [2.45, 2.75) is 18.3 Å². The maximum absolute atomic E-state index is 11.7. The number of rotatable bonds is 4. The largest absolute Gasteiger partial charge is 0.481 e. The molecule has 0 aliphatic heterocycles. The quantitative estimate of drug-likeness (QED) is 0.798. The van der Waals surface area contributed by atoms with Crippen LogP contribution in [0.4, 0.5) is 0 Å². The van der Waals surface area contributed by atoms with Crippen LogP contribution >= 0.6 is 0 Å². The molecule has 3 heterocycles. The van der Waals surface area contributed by atoms with Crippen molar-refractivity contribution in [3.8, 4) is 17.1 Å². The maximum atomic E-state index is 11.7. The highest BCUT2D eigenvalue weighted by Crippen LogP contribution is 2.47. The van der Waals surface area contributed by atoms with Crippen LogP contribution in [0.25, 0.3) is 22.2 Å². The second-order valence-corrected chi connectivity index (χ2v) is 6.22. The number of aromatic nitrogens is 3. The van der Waals surface area contributed by atoms with Gasteiger partial charge in [-0.05, 0) is 37.1 Å². The molecule has 1 aliphatic carbocycles. The predicted octanol–water partition coefficient (Wildman–Crippen LogP) is 2.16. The summed E-state index contributed by atoms with van der Waals surface area (Å²) in [5, 5.41) is 1.02. The molecule has 6 heteroatoms. The van der Waals surface area contributed by atoms with Gasteiger partial charge in [0.25, 0.3) is 0 Å². The summed E-state index contributed by atoms with van der Waals surface area (Å²) in [7, 11) is 3.59. The van der Waals surface area contributed by atoms with Crippen LogP contribution in [0.5, 0.6) is 5.88 Å². The smallest absolute Gasteiger partial charge is 0.229 e. The number of hydrogen-bond donors (Lipinski definition) is 1. The lowest BCUT2D eigenvalue weighted by molar-refractivity contribution is -0.120. The number of carbonyl (C=O) groups excluding carboxylic acids is 1. The van der Waals surface area contributed by atoms with E-state index in [2.05, 4.69) is 20.6 Å². The molecule has 0 atom stereocenters. The molecule has 1 saturated carbocycles. The van der Waals surface area contributed by atoms with Gasteiger partial charge in [0.15, 0.2) is 0 Å². The molecule has 24 heavy (non-hydrogen) atoms. The van der Waals surface area contributed by atoms with Crippen molar-refractivity contribution in [2.75, 3.05) is 7.11 Å². The molecule has 0 spiro atoms. The molecule has 1 fully saturated rings. The second-order valence-electron chi connectivity index (χ2n) is 6.22. The lowest BCUT2D eigenvalue weighted by atomic mass is 10.00. The number of aryl methyl sites for hydroxylation is 1. The Bertz CT molecular complexity index is 957. The number of hydrogen-bond acceptors (Lipinski definition) is 4. The average molecular weight is 322 g/mol.